The lowest BCUT2D eigenvalue weighted by atomic mass is 10.1. The van der Waals surface area contributed by atoms with Crippen LogP contribution in [0.15, 0.2) is 65.7 Å². The van der Waals surface area contributed by atoms with Gasteiger partial charge in [0.05, 0.1) is 22.9 Å². The molecule has 0 bridgehead atoms. The minimum Gasteiger partial charge on any atom is -0.494 e. The fourth-order valence-electron chi connectivity index (χ4n) is 3.42. The quantitative estimate of drug-likeness (QED) is 0.240. The smallest absolute Gasteiger partial charge is 0.263 e. The van der Waals surface area contributed by atoms with Gasteiger partial charge in [0.1, 0.15) is 10.1 Å². The lowest BCUT2D eigenvalue weighted by molar-refractivity contribution is -0.115. The topological polar surface area (TPSA) is 56.1 Å². The Morgan fingerprint density at radius 1 is 1.09 bits per heavy atom. The van der Waals surface area contributed by atoms with Crippen molar-refractivity contribution in [2.45, 2.75) is 32.6 Å². The van der Waals surface area contributed by atoms with Gasteiger partial charge in [0.15, 0.2) is 0 Å². The van der Waals surface area contributed by atoms with E-state index in [1.807, 2.05) is 71.6 Å². The van der Waals surface area contributed by atoms with E-state index in [9.17, 15) is 4.79 Å². The lowest BCUT2D eigenvalue weighted by Crippen LogP contribution is -2.17. The Balaban J connectivity index is 1.60. The van der Waals surface area contributed by atoms with Crippen molar-refractivity contribution in [1.82, 2.24) is 15.1 Å². The number of hydrogen-bond acceptors (Lipinski definition) is 5. The van der Waals surface area contributed by atoms with Crippen LogP contribution in [-0.4, -0.2) is 26.6 Å². The Bertz CT molecular complexity index is 1120. The number of carbonyl (C=O) groups is 1. The summed E-state index contributed by atoms with van der Waals surface area (Å²) in [5.74, 6) is 0.675. The van der Waals surface area contributed by atoms with Crippen molar-refractivity contribution >= 4 is 40.3 Å². The van der Waals surface area contributed by atoms with Crippen LogP contribution < -0.4 is 10.1 Å². The molecule has 1 aliphatic rings. The number of thioether (sulfide) groups is 1. The zero-order valence-corrected chi connectivity index (χ0v) is 19.5. The van der Waals surface area contributed by atoms with Crippen LogP contribution in [0.1, 0.15) is 38.2 Å². The van der Waals surface area contributed by atoms with Crippen molar-refractivity contribution in [3.8, 4) is 22.7 Å². The largest absolute Gasteiger partial charge is 0.494 e. The van der Waals surface area contributed by atoms with Gasteiger partial charge in [0.25, 0.3) is 5.91 Å². The summed E-state index contributed by atoms with van der Waals surface area (Å²) < 4.78 is 8.17. The SMILES string of the molecule is CCCCCCOc1ccc(-c2nn(-c3ccccc3)cc2/C=C2/SC(=S)NC2=O)cc1. The van der Waals surface area contributed by atoms with E-state index in [0.29, 0.717) is 9.23 Å². The van der Waals surface area contributed by atoms with Crippen molar-refractivity contribution in [3.05, 3.63) is 71.3 Å². The van der Waals surface area contributed by atoms with Crippen LogP contribution in [0.5, 0.6) is 5.75 Å². The van der Waals surface area contributed by atoms with Crippen LogP contribution >= 0.6 is 24.0 Å². The Morgan fingerprint density at radius 2 is 1.88 bits per heavy atom. The molecule has 1 saturated heterocycles. The highest BCUT2D eigenvalue weighted by Crippen LogP contribution is 2.31. The van der Waals surface area contributed by atoms with Crippen molar-refractivity contribution < 1.29 is 9.53 Å². The highest BCUT2D eigenvalue weighted by atomic mass is 32.2. The highest BCUT2D eigenvalue weighted by molar-refractivity contribution is 8.26. The molecule has 2 heterocycles. The maximum atomic E-state index is 12.2. The van der Waals surface area contributed by atoms with E-state index in [4.69, 9.17) is 22.1 Å². The Kier molecular flexibility index (Phi) is 7.39. The molecule has 1 amide bonds. The molecule has 32 heavy (non-hydrogen) atoms. The van der Waals surface area contributed by atoms with E-state index in [1.54, 1.807) is 0 Å². The average molecular weight is 464 g/mol. The molecule has 7 heteroatoms. The fraction of sp³-hybridized carbons (Fsp3) is 0.240. The summed E-state index contributed by atoms with van der Waals surface area (Å²) in [6.07, 6.45) is 8.50. The predicted octanol–water partition coefficient (Wildman–Crippen LogP) is 5.99. The number of aromatic nitrogens is 2. The monoisotopic (exact) mass is 463 g/mol. The fourth-order valence-corrected chi connectivity index (χ4v) is 4.46. The highest BCUT2D eigenvalue weighted by Gasteiger charge is 2.23. The average Bonchev–Trinajstić information content (AvgIpc) is 3.37. The number of hydrogen-bond donors (Lipinski definition) is 1. The summed E-state index contributed by atoms with van der Waals surface area (Å²) in [5.41, 5.74) is 3.55. The molecular weight excluding hydrogens is 438 g/mol. The van der Waals surface area contributed by atoms with Gasteiger partial charge < -0.3 is 10.1 Å². The third kappa shape index (κ3) is 5.47. The molecule has 164 valence electrons. The van der Waals surface area contributed by atoms with Gasteiger partial charge in [-0.3, -0.25) is 4.79 Å². The first-order valence-electron chi connectivity index (χ1n) is 10.8. The molecule has 1 fully saturated rings. The van der Waals surface area contributed by atoms with Crippen molar-refractivity contribution in [2.75, 3.05) is 6.61 Å². The van der Waals surface area contributed by atoms with Gasteiger partial charge in [-0.05, 0) is 48.9 Å². The van der Waals surface area contributed by atoms with Gasteiger partial charge >= 0.3 is 0 Å². The zero-order chi connectivity index (χ0) is 22.3. The van der Waals surface area contributed by atoms with Crippen molar-refractivity contribution in [1.29, 1.82) is 0 Å². The summed E-state index contributed by atoms with van der Waals surface area (Å²) in [5, 5.41) is 7.49. The van der Waals surface area contributed by atoms with Crippen LogP contribution in [0.4, 0.5) is 0 Å². The van der Waals surface area contributed by atoms with Gasteiger partial charge in [-0.15, -0.1) is 0 Å². The molecule has 0 aliphatic carbocycles. The third-order valence-electron chi connectivity index (χ3n) is 5.09. The van der Waals surface area contributed by atoms with Crippen LogP contribution in [0.25, 0.3) is 23.0 Å². The molecule has 0 atom stereocenters. The third-order valence-corrected chi connectivity index (χ3v) is 6.25. The minimum absolute atomic E-state index is 0.176. The van der Waals surface area contributed by atoms with E-state index >= 15 is 0 Å². The lowest BCUT2D eigenvalue weighted by Gasteiger charge is -2.07. The Morgan fingerprint density at radius 3 is 2.56 bits per heavy atom. The van der Waals surface area contributed by atoms with Gasteiger partial charge in [0, 0.05) is 17.3 Å². The number of thiocarbonyl (C=S) groups is 1. The van der Waals surface area contributed by atoms with Crippen LogP contribution in [-0.2, 0) is 4.79 Å². The molecule has 4 rings (SSSR count). The zero-order valence-electron chi connectivity index (χ0n) is 17.9. The molecular formula is C25H25N3O2S2. The maximum absolute atomic E-state index is 12.2. The standard InChI is InChI=1S/C25H25N3O2S2/c1-2-3-4-8-15-30-21-13-11-18(12-14-21)23-19(16-22-24(29)26-25(31)32-22)17-28(27-23)20-9-6-5-7-10-20/h5-7,9-14,16-17H,2-4,8,15H2,1H3,(H,26,29,31)/b22-16+. The number of ether oxygens (including phenoxy) is 1. The summed E-state index contributed by atoms with van der Waals surface area (Å²) in [7, 11) is 0. The summed E-state index contributed by atoms with van der Waals surface area (Å²) in [6, 6.07) is 17.9. The van der Waals surface area contributed by atoms with Gasteiger partial charge in [-0.1, -0.05) is 68.4 Å². The molecule has 5 nitrogen and oxygen atoms in total. The number of amides is 1. The molecule has 0 spiro atoms. The molecule has 3 aromatic rings. The second kappa shape index (κ2) is 10.6. The van der Waals surface area contributed by atoms with Gasteiger partial charge in [0.2, 0.25) is 0 Å². The minimum atomic E-state index is -0.176. The first-order valence-corrected chi connectivity index (χ1v) is 12.0. The second-order valence-electron chi connectivity index (χ2n) is 7.50. The summed E-state index contributed by atoms with van der Waals surface area (Å²) >= 11 is 6.39. The number of para-hydroxylation sites is 1. The first kappa shape index (κ1) is 22.3. The molecule has 1 aliphatic heterocycles. The summed E-state index contributed by atoms with van der Waals surface area (Å²) in [4.78, 5) is 12.8. The molecule has 1 aromatic heterocycles. The normalized spacial score (nSPS) is 14.7. The number of unbranched alkanes of at least 4 members (excludes halogenated alkanes) is 3. The van der Waals surface area contributed by atoms with E-state index in [-0.39, 0.29) is 5.91 Å². The van der Waals surface area contributed by atoms with Crippen LogP contribution in [0.2, 0.25) is 0 Å². The predicted molar refractivity (Wildman–Crippen MR) is 135 cm³/mol. The number of rotatable bonds is 9. The molecule has 1 N–H and O–H groups in total. The van der Waals surface area contributed by atoms with E-state index in [2.05, 4.69) is 12.2 Å². The van der Waals surface area contributed by atoms with E-state index in [1.165, 1.54) is 31.0 Å². The van der Waals surface area contributed by atoms with Crippen LogP contribution in [0, 0.1) is 0 Å². The van der Waals surface area contributed by atoms with E-state index < -0.39 is 0 Å². The summed E-state index contributed by atoms with van der Waals surface area (Å²) in [6.45, 7) is 2.93. The Hall–Kier alpha value is -2.90. The maximum Gasteiger partial charge on any atom is 0.263 e. The number of benzene rings is 2. The van der Waals surface area contributed by atoms with Crippen LogP contribution in [0.3, 0.4) is 0 Å². The van der Waals surface area contributed by atoms with Gasteiger partial charge in [-0.2, -0.15) is 5.10 Å². The van der Waals surface area contributed by atoms with Crippen molar-refractivity contribution in [3.63, 3.8) is 0 Å². The molecule has 0 unspecified atom stereocenters. The number of nitrogens with one attached hydrogen (secondary N) is 1. The van der Waals surface area contributed by atoms with Gasteiger partial charge in [-0.25, -0.2) is 4.68 Å². The second-order valence-corrected chi connectivity index (χ2v) is 9.22. The number of carbonyl (C=O) groups excluding carboxylic acids is 1. The first-order chi connectivity index (χ1) is 15.6. The Labute approximate surface area is 197 Å². The molecule has 0 saturated carbocycles. The molecule has 2 aromatic carbocycles. The number of nitrogens with zero attached hydrogens (tertiary/aromatic N) is 2. The molecule has 0 radical (unpaired) electrons. The van der Waals surface area contributed by atoms with E-state index in [0.717, 1.165) is 41.3 Å². The van der Waals surface area contributed by atoms with Crippen molar-refractivity contribution in [2.24, 2.45) is 0 Å².